The molecule has 120 valence electrons. The maximum absolute atomic E-state index is 12.4. The lowest BCUT2D eigenvalue weighted by Crippen LogP contribution is -2.46. The lowest BCUT2D eigenvalue weighted by molar-refractivity contribution is -0.135. The SMILES string of the molecule is C[C@@H](Nc1ccc2c(c1)OCCCO2)C(=O)N1CCOCC1. The maximum atomic E-state index is 12.4. The lowest BCUT2D eigenvalue weighted by Gasteiger charge is -2.29. The van der Waals surface area contributed by atoms with Gasteiger partial charge in [0.05, 0.1) is 26.4 Å². The van der Waals surface area contributed by atoms with Crippen molar-refractivity contribution in [3.63, 3.8) is 0 Å². The number of ether oxygens (including phenoxy) is 3. The summed E-state index contributed by atoms with van der Waals surface area (Å²) in [6.45, 7) is 5.74. The molecule has 2 aliphatic rings. The number of amides is 1. The number of carbonyl (C=O) groups excluding carboxylic acids is 1. The quantitative estimate of drug-likeness (QED) is 0.917. The number of hydrogen-bond donors (Lipinski definition) is 1. The Morgan fingerprint density at radius 1 is 1.14 bits per heavy atom. The van der Waals surface area contributed by atoms with Crippen molar-refractivity contribution in [2.45, 2.75) is 19.4 Å². The van der Waals surface area contributed by atoms with E-state index in [9.17, 15) is 4.79 Å². The second kappa shape index (κ2) is 6.87. The molecule has 1 saturated heterocycles. The highest BCUT2D eigenvalue weighted by Gasteiger charge is 2.22. The van der Waals surface area contributed by atoms with Crippen molar-refractivity contribution in [3.05, 3.63) is 18.2 Å². The van der Waals surface area contributed by atoms with Crippen LogP contribution in [-0.2, 0) is 9.53 Å². The predicted molar refractivity (Wildman–Crippen MR) is 82.5 cm³/mol. The van der Waals surface area contributed by atoms with Gasteiger partial charge in [-0.2, -0.15) is 0 Å². The Labute approximate surface area is 130 Å². The summed E-state index contributed by atoms with van der Waals surface area (Å²) >= 11 is 0. The van der Waals surface area contributed by atoms with Crippen molar-refractivity contribution in [2.24, 2.45) is 0 Å². The monoisotopic (exact) mass is 306 g/mol. The van der Waals surface area contributed by atoms with Crippen LogP contribution in [0.1, 0.15) is 13.3 Å². The van der Waals surface area contributed by atoms with Crippen LogP contribution in [0.3, 0.4) is 0 Å². The normalized spacial score (nSPS) is 19.2. The Hall–Kier alpha value is -1.95. The van der Waals surface area contributed by atoms with Crippen molar-refractivity contribution in [2.75, 3.05) is 44.8 Å². The third-order valence-electron chi connectivity index (χ3n) is 3.82. The number of hydrogen-bond acceptors (Lipinski definition) is 5. The van der Waals surface area contributed by atoms with Gasteiger partial charge in [0, 0.05) is 31.3 Å². The van der Waals surface area contributed by atoms with Crippen molar-refractivity contribution in [1.82, 2.24) is 4.90 Å². The molecule has 1 fully saturated rings. The first-order chi connectivity index (χ1) is 10.7. The summed E-state index contributed by atoms with van der Waals surface area (Å²) in [4.78, 5) is 14.2. The minimum atomic E-state index is -0.289. The van der Waals surface area contributed by atoms with E-state index in [1.807, 2.05) is 30.0 Å². The minimum Gasteiger partial charge on any atom is -0.490 e. The topological polar surface area (TPSA) is 60.0 Å². The van der Waals surface area contributed by atoms with Gasteiger partial charge in [0.1, 0.15) is 6.04 Å². The van der Waals surface area contributed by atoms with Crippen LogP contribution in [0.15, 0.2) is 18.2 Å². The minimum absolute atomic E-state index is 0.0930. The summed E-state index contributed by atoms with van der Waals surface area (Å²) in [5.41, 5.74) is 0.860. The Morgan fingerprint density at radius 3 is 2.64 bits per heavy atom. The van der Waals surface area contributed by atoms with Gasteiger partial charge in [-0.05, 0) is 19.1 Å². The van der Waals surface area contributed by atoms with E-state index in [4.69, 9.17) is 14.2 Å². The van der Waals surface area contributed by atoms with Gasteiger partial charge in [0.2, 0.25) is 5.91 Å². The number of benzene rings is 1. The summed E-state index contributed by atoms with van der Waals surface area (Å²) in [6.07, 6.45) is 0.878. The van der Waals surface area contributed by atoms with E-state index in [2.05, 4.69) is 5.32 Å². The molecule has 0 bridgehead atoms. The summed E-state index contributed by atoms with van der Waals surface area (Å²) < 4.78 is 16.6. The Morgan fingerprint density at radius 2 is 1.86 bits per heavy atom. The number of nitrogens with one attached hydrogen (secondary N) is 1. The number of anilines is 1. The molecule has 0 aromatic heterocycles. The molecule has 1 amide bonds. The van der Waals surface area contributed by atoms with Crippen molar-refractivity contribution < 1.29 is 19.0 Å². The number of carbonyl (C=O) groups is 1. The van der Waals surface area contributed by atoms with Crippen LogP contribution < -0.4 is 14.8 Å². The average Bonchev–Trinajstić information content (AvgIpc) is 2.79. The van der Waals surface area contributed by atoms with Crippen LogP contribution in [0.5, 0.6) is 11.5 Å². The average molecular weight is 306 g/mol. The first-order valence-electron chi connectivity index (χ1n) is 7.77. The first kappa shape index (κ1) is 15.0. The fraction of sp³-hybridized carbons (Fsp3) is 0.562. The summed E-state index contributed by atoms with van der Waals surface area (Å²) in [7, 11) is 0. The largest absolute Gasteiger partial charge is 0.490 e. The highest BCUT2D eigenvalue weighted by atomic mass is 16.5. The molecule has 0 radical (unpaired) electrons. The first-order valence-corrected chi connectivity index (χ1v) is 7.77. The third kappa shape index (κ3) is 3.44. The molecule has 2 heterocycles. The molecule has 0 spiro atoms. The molecule has 1 atom stereocenters. The zero-order valence-corrected chi connectivity index (χ0v) is 12.8. The number of nitrogens with zero attached hydrogens (tertiary/aromatic N) is 1. The van der Waals surface area contributed by atoms with Gasteiger partial charge < -0.3 is 24.4 Å². The number of morpholine rings is 1. The van der Waals surface area contributed by atoms with Gasteiger partial charge in [-0.3, -0.25) is 4.79 Å². The molecule has 0 aliphatic carbocycles. The van der Waals surface area contributed by atoms with Crippen LogP contribution >= 0.6 is 0 Å². The van der Waals surface area contributed by atoms with E-state index in [1.54, 1.807) is 0 Å². The zero-order chi connectivity index (χ0) is 15.4. The highest BCUT2D eigenvalue weighted by Crippen LogP contribution is 2.32. The smallest absolute Gasteiger partial charge is 0.244 e. The van der Waals surface area contributed by atoms with Crippen LogP contribution in [0, 0.1) is 0 Å². The number of fused-ring (bicyclic) bond motifs is 1. The molecule has 1 aromatic carbocycles. The molecule has 1 aromatic rings. The molecule has 1 N–H and O–H groups in total. The van der Waals surface area contributed by atoms with Gasteiger partial charge in [-0.1, -0.05) is 0 Å². The van der Waals surface area contributed by atoms with Crippen molar-refractivity contribution >= 4 is 11.6 Å². The molecule has 6 heteroatoms. The molecule has 2 aliphatic heterocycles. The van der Waals surface area contributed by atoms with Gasteiger partial charge in [-0.15, -0.1) is 0 Å². The predicted octanol–water partition coefficient (Wildman–Crippen LogP) is 1.51. The lowest BCUT2D eigenvalue weighted by atomic mass is 10.2. The van der Waals surface area contributed by atoms with Crippen molar-refractivity contribution in [3.8, 4) is 11.5 Å². The Balaban J connectivity index is 1.64. The van der Waals surface area contributed by atoms with E-state index in [0.717, 1.165) is 23.6 Å². The van der Waals surface area contributed by atoms with Crippen molar-refractivity contribution in [1.29, 1.82) is 0 Å². The molecule has 3 rings (SSSR count). The molecule has 0 saturated carbocycles. The standard InChI is InChI=1S/C16H22N2O4/c1-12(16(19)18-5-9-20-10-6-18)17-13-3-4-14-15(11-13)22-8-2-7-21-14/h3-4,11-12,17H,2,5-10H2,1H3/t12-/m1/s1. The van der Waals surface area contributed by atoms with Crippen LogP contribution in [0.4, 0.5) is 5.69 Å². The third-order valence-corrected chi connectivity index (χ3v) is 3.82. The van der Waals surface area contributed by atoms with Gasteiger partial charge in [0.25, 0.3) is 0 Å². The molecular formula is C16H22N2O4. The molecular weight excluding hydrogens is 284 g/mol. The zero-order valence-electron chi connectivity index (χ0n) is 12.8. The van der Waals surface area contributed by atoms with Crippen LogP contribution in [0.2, 0.25) is 0 Å². The maximum Gasteiger partial charge on any atom is 0.244 e. The van der Waals surface area contributed by atoms with E-state index < -0.39 is 0 Å². The summed E-state index contributed by atoms with van der Waals surface area (Å²) in [5.74, 6) is 1.58. The van der Waals surface area contributed by atoms with Crippen LogP contribution in [-0.4, -0.2) is 56.4 Å². The van der Waals surface area contributed by atoms with E-state index in [0.29, 0.717) is 39.5 Å². The van der Waals surface area contributed by atoms with E-state index in [1.165, 1.54) is 0 Å². The molecule has 22 heavy (non-hydrogen) atoms. The fourth-order valence-corrected chi connectivity index (χ4v) is 2.62. The highest BCUT2D eigenvalue weighted by molar-refractivity contribution is 5.84. The molecule has 6 nitrogen and oxygen atoms in total. The van der Waals surface area contributed by atoms with E-state index in [-0.39, 0.29) is 11.9 Å². The van der Waals surface area contributed by atoms with Gasteiger partial charge in [0.15, 0.2) is 11.5 Å². The second-order valence-electron chi connectivity index (χ2n) is 5.52. The van der Waals surface area contributed by atoms with Gasteiger partial charge in [-0.25, -0.2) is 0 Å². The number of rotatable bonds is 3. The molecule has 0 unspecified atom stereocenters. The van der Waals surface area contributed by atoms with Crippen LogP contribution in [0.25, 0.3) is 0 Å². The van der Waals surface area contributed by atoms with E-state index >= 15 is 0 Å². The summed E-state index contributed by atoms with van der Waals surface area (Å²) in [5, 5.41) is 3.24. The fourth-order valence-electron chi connectivity index (χ4n) is 2.62. The Kier molecular flexibility index (Phi) is 4.68. The summed E-state index contributed by atoms with van der Waals surface area (Å²) in [6, 6.07) is 5.40. The second-order valence-corrected chi connectivity index (χ2v) is 5.52. The van der Waals surface area contributed by atoms with Gasteiger partial charge >= 0.3 is 0 Å². The Bertz CT molecular complexity index is 529.